The molecule has 0 fully saturated rings. The smallest absolute Gasteiger partial charge is 0.327 e. The number of ether oxygens (including phenoxy) is 1. The summed E-state index contributed by atoms with van der Waals surface area (Å²) < 4.78 is 4.36. The molecule has 0 saturated heterocycles. The van der Waals surface area contributed by atoms with E-state index in [4.69, 9.17) is 5.73 Å². The van der Waals surface area contributed by atoms with E-state index in [2.05, 4.69) is 4.74 Å². The van der Waals surface area contributed by atoms with Crippen LogP contribution in [0.5, 0.6) is 11.5 Å². The van der Waals surface area contributed by atoms with Gasteiger partial charge in [-0.1, -0.05) is 0 Å². The first kappa shape index (κ1) is 12.7. The van der Waals surface area contributed by atoms with Crippen molar-refractivity contribution >= 4 is 11.7 Å². The minimum atomic E-state index is -1.27. The number of rotatable bonds is 3. The van der Waals surface area contributed by atoms with E-state index in [9.17, 15) is 25.1 Å². The van der Waals surface area contributed by atoms with Crippen LogP contribution in [0.1, 0.15) is 11.6 Å². The molecule has 0 unspecified atom stereocenters. The lowest BCUT2D eigenvalue weighted by Crippen LogP contribution is -2.22. The Labute approximate surface area is 95.4 Å². The number of hydrogen-bond donors (Lipinski definition) is 3. The van der Waals surface area contributed by atoms with E-state index < -0.39 is 34.1 Å². The molecular weight excluding hydrogens is 232 g/mol. The molecule has 0 aliphatic carbocycles. The fourth-order valence-corrected chi connectivity index (χ4v) is 1.21. The number of carbonyl (C=O) groups is 1. The number of nitrogens with two attached hydrogens (primary N) is 1. The summed E-state index contributed by atoms with van der Waals surface area (Å²) in [4.78, 5) is 20.8. The number of nitro groups is 1. The topological polar surface area (TPSA) is 136 Å². The van der Waals surface area contributed by atoms with Gasteiger partial charge in [-0.15, -0.1) is 0 Å². The molecule has 0 spiro atoms. The van der Waals surface area contributed by atoms with Gasteiger partial charge >= 0.3 is 11.7 Å². The molecule has 4 N–H and O–H groups in total. The molecule has 1 aromatic rings. The van der Waals surface area contributed by atoms with E-state index in [0.717, 1.165) is 19.2 Å². The van der Waals surface area contributed by atoms with Crippen LogP contribution < -0.4 is 5.73 Å². The number of methoxy groups -OCH3 is 1. The van der Waals surface area contributed by atoms with Crippen LogP contribution in [0, 0.1) is 10.1 Å². The summed E-state index contributed by atoms with van der Waals surface area (Å²) in [6.07, 6.45) is 0. The number of phenols is 2. The molecule has 1 atom stereocenters. The van der Waals surface area contributed by atoms with Crippen LogP contribution in [-0.4, -0.2) is 28.2 Å². The standard InChI is InChI=1S/C9H10N2O6/c1-17-9(14)7(10)4-2-5(11(15)16)8(13)6(12)3-4/h2-3,7,12-13H,10H2,1H3/t7-/m0/s1. The van der Waals surface area contributed by atoms with Gasteiger partial charge in [0.25, 0.3) is 0 Å². The van der Waals surface area contributed by atoms with Gasteiger partial charge in [-0.3, -0.25) is 14.9 Å². The largest absolute Gasteiger partial charge is 0.504 e. The Morgan fingerprint density at radius 3 is 2.59 bits per heavy atom. The zero-order valence-electron chi connectivity index (χ0n) is 8.78. The summed E-state index contributed by atoms with van der Waals surface area (Å²) in [7, 11) is 1.11. The molecule has 0 radical (unpaired) electrons. The number of nitrogens with zero attached hydrogens (tertiary/aromatic N) is 1. The van der Waals surface area contributed by atoms with Crippen LogP contribution in [0.15, 0.2) is 12.1 Å². The van der Waals surface area contributed by atoms with E-state index in [-0.39, 0.29) is 5.56 Å². The summed E-state index contributed by atoms with van der Waals surface area (Å²) in [6, 6.07) is 0.589. The Balaban J connectivity index is 3.28. The van der Waals surface area contributed by atoms with Crippen LogP contribution in [0.2, 0.25) is 0 Å². The average molecular weight is 242 g/mol. The Morgan fingerprint density at radius 2 is 2.12 bits per heavy atom. The predicted molar refractivity (Wildman–Crippen MR) is 55.4 cm³/mol. The third-order valence-electron chi connectivity index (χ3n) is 2.10. The second-order valence-electron chi connectivity index (χ2n) is 3.17. The molecule has 1 rings (SSSR count). The zero-order chi connectivity index (χ0) is 13.2. The molecule has 8 nitrogen and oxygen atoms in total. The number of benzene rings is 1. The third kappa shape index (κ3) is 2.42. The second-order valence-corrected chi connectivity index (χ2v) is 3.17. The van der Waals surface area contributed by atoms with Crippen molar-refractivity contribution in [1.82, 2.24) is 0 Å². The van der Waals surface area contributed by atoms with Gasteiger partial charge in [0.15, 0.2) is 5.75 Å². The Morgan fingerprint density at radius 1 is 1.53 bits per heavy atom. The highest BCUT2D eigenvalue weighted by Crippen LogP contribution is 2.37. The first-order chi connectivity index (χ1) is 7.88. The molecule has 17 heavy (non-hydrogen) atoms. The second kappa shape index (κ2) is 4.66. The number of esters is 1. The molecule has 8 heteroatoms. The van der Waals surface area contributed by atoms with Gasteiger partial charge in [-0.2, -0.15) is 0 Å². The lowest BCUT2D eigenvalue weighted by Gasteiger charge is -2.10. The van der Waals surface area contributed by atoms with Crippen LogP contribution >= 0.6 is 0 Å². The van der Waals surface area contributed by atoms with Crippen LogP contribution in [-0.2, 0) is 9.53 Å². The van der Waals surface area contributed by atoms with Crippen LogP contribution in [0.4, 0.5) is 5.69 Å². The summed E-state index contributed by atoms with van der Waals surface area (Å²) in [6.45, 7) is 0. The molecule has 0 bridgehead atoms. The van der Waals surface area contributed by atoms with E-state index in [1.54, 1.807) is 0 Å². The Kier molecular flexibility index (Phi) is 3.49. The number of phenolic OH excluding ortho intramolecular Hbond substituents is 2. The number of hydrogen-bond acceptors (Lipinski definition) is 7. The highest BCUT2D eigenvalue weighted by molar-refractivity contribution is 5.78. The number of carbonyl (C=O) groups excluding carboxylic acids is 1. The van der Waals surface area contributed by atoms with Crippen LogP contribution in [0.25, 0.3) is 0 Å². The third-order valence-corrected chi connectivity index (χ3v) is 2.10. The van der Waals surface area contributed by atoms with Crippen molar-refractivity contribution < 1.29 is 24.7 Å². The van der Waals surface area contributed by atoms with Crippen molar-refractivity contribution in [2.24, 2.45) is 5.73 Å². The van der Waals surface area contributed by atoms with E-state index >= 15 is 0 Å². The molecule has 0 amide bonds. The maximum atomic E-state index is 11.1. The van der Waals surface area contributed by atoms with E-state index in [1.807, 2.05) is 0 Å². The van der Waals surface area contributed by atoms with E-state index in [1.165, 1.54) is 0 Å². The highest BCUT2D eigenvalue weighted by atomic mass is 16.6. The van der Waals surface area contributed by atoms with Gasteiger partial charge in [0, 0.05) is 6.07 Å². The minimum Gasteiger partial charge on any atom is -0.504 e. The predicted octanol–water partition coefficient (Wildman–Crippen LogP) is 0.179. The summed E-state index contributed by atoms with van der Waals surface area (Å²) in [5.74, 6) is -2.42. The van der Waals surface area contributed by atoms with Gasteiger partial charge in [-0.05, 0) is 11.6 Å². The average Bonchev–Trinajstić information content (AvgIpc) is 2.30. The molecule has 1 aromatic carbocycles. The molecule has 92 valence electrons. The SMILES string of the molecule is COC(=O)[C@@H](N)c1cc(O)c(O)c([N+](=O)[O-])c1. The Bertz CT molecular complexity index is 473. The molecule has 0 heterocycles. The van der Waals surface area contributed by atoms with Gasteiger partial charge in [0.1, 0.15) is 6.04 Å². The molecular formula is C9H10N2O6. The minimum absolute atomic E-state index is 0.0288. The normalized spacial score (nSPS) is 11.9. The molecule has 0 aromatic heterocycles. The number of aromatic hydroxyl groups is 2. The van der Waals surface area contributed by atoms with Gasteiger partial charge in [0.2, 0.25) is 5.75 Å². The fourth-order valence-electron chi connectivity index (χ4n) is 1.21. The quantitative estimate of drug-likeness (QED) is 0.297. The maximum absolute atomic E-state index is 11.1. The summed E-state index contributed by atoms with van der Waals surface area (Å²) in [5, 5.41) is 29.1. The van der Waals surface area contributed by atoms with Crippen molar-refractivity contribution in [3.8, 4) is 11.5 Å². The molecule has 0 aliphatic rings. The maximum Gasteiger partial charge on any atom is 0.327 e. The monoisotopic (exact) mass is 242 g/mol. The molecule has 0 saturated carbocycles. The van der Waals surface area contributed by atoms with Gasteiger partial charge in [0.05, 0.1) is 12.0 Å². The first-order valence-electron chi connectivity index (χ1n) is 4.42. The fraction of sp³-hybridized carbons (Fsp3) is 0.222. The van der Waals surface area contributed by atoms with Gasteiger partial charge < -0.3 is 20.7 Å². The van der Waals surface area contributed by atoms with Crippen LogP contribution in [0.3, 0.4) is 0 Å². The summed E-state index contributed by atoms with van der Waals surface area (Å²) in [5.41, 5.74) is 4.68. The molecule has 0 aliphatic heterocycles. The zero-order valence-corrected chi connectivity index (χ0v) is 8.78. The highest BCUT2D eigenvalue weighted by Gasteiger charge is 2.24. The van der Waals surface area contributed by atoms with Crippen molar-refractivity contribution in [2.75, 3.05) is 7.11 Å². The Hall–Kier alpha value is -2.35. The van der Waals surface area contributed by atoms with Crippen molar-refractivity contribution in [2.45, 2.75) is 6.04 Å². The van der Waals surface area contributed by atoms with Crippen molar-refractivity contribution in [1.29, 1.82) is 0 Å². The van der Waals surface area contributed by atoms with Gasteiger partial charge in [-0.25, -0.2) is 0 Å². The van der Waals surface area contributed by atoms with Crippen molar-refractivity contribution in [3.05, 3.63) is 27.8 Å². The number of nitro benzene ring substituents is 1. The first-order valence-corrected chi connectivity index (χ1v) is 4.42. The lowest BCUT2D eigenvalue weighted by atomic mass is 10.1. The lowest BCUT2D eigenvalue weighted by molar-refractivity contribution is -0.386. The van der Waals surface area contributed by atoms with E-state index in [0.29, 0.717) is 0 Å². The van der Waals surface area contributed by atoms with Crippen molar-refractivity contribution in [3.63, 3.8) is 0 Å². The summed E-state index contributed by atoms with van der Waals surface area (Å²) >= 11 is 0.